The molecule has 0 aliphatic carbocycles. The monoisotopic (exact) mass is 507 g/mol. The summed E-state index contributed by atoms with van der Waals surface area (Å²) in [5.74, 6) is 0.359. The Morgan fingerprint density at radius 2 is 1.94 bits per heavy atom. The number of piperidine rings is 1. The van der Waals surface area contributed by atoms with Gasteiger partial charge in [-0.1, -0.05) is 17.8 Å². The van der Waals surface area contributed by atoms with Gasteiger partial charge in [-0.05, 0) is 74.1 Å². The molecule has 1 amide bonds. The molecule has 4 heterocycles. The Morgan fingerprint density at radius 3 is 2.69 bits per heavy atom. The summed E-state index contributed by atoms with van der Waals surface area (Å²) in [4.78, 5) is 18.0. The fourth-order valence-corrected chi connectivity index (χ4v) is 7.04. The van der Waals surface area contributed by atoms with Crippen molar-refractivity contribution in [1.29, 1.82) is 5.26 Å². The lowest BCUT2D eigenvalue weighted by Gasteiger charge is -2.31. The number of thioether (sulfide) groups is 1. The second-order valence-corrected chi connectivity index (χ2v) is 11.7. The van der Waals surface area contributed by atoms with E-state index in [1.54, 1.807) is 6.20 Å². The number of hydrogen-bond donors (Lipinski definition) is 1. The van der Waals surface area contributed by atoms with Crippen molar-refractivity contribution in [2.45, 2.75) is 35.6 Å². The number of benzene rings is 1. The van der Waals surface area contributed by atoms with Crippen LogP contribution in [0.15, 0.2) is 63.5 Å². The van der Waals surface area contributed by atoms with E-state index in [-0.39, 0.29) is 10.8 Å². The van der Waals surface area contributed by atoms with E-state index in [4.69, 9.17) is 5.26 Å². The van der Waals surface area contributed by atoms with Crippen LogP contribution in [0.1, 0.15) is 36.9 Å². The van der Waals surface area contributed by atoms with Crippen LogP contribution in [0.5, 0.6) is 0 Å². The summed E-state index contributed by atoms with van der Waals surface area (Å²) in [7, 11) is -3.54. The molecule has 1 aromatic carbocycles. The van der Waals surface area contributed by atoms with Gasteiger partial charge in [-0.3, -0.25) is 9.20 Å². The number of aromatic nitrogens is 2. The number of nitriles is 1. The number of sulfonamides is 1. The minimum atomic E-state index is -3.54. The predicted molar refractivity (Wildman–Crippen MR) is 134 cm³/mol. The lowest BCUT2D eigenvalue weighted by molar-refractivity contribution is -0.116. The van der Waals surface area contributed by atoms with Crippen LogP contribution >= 0.6 is 11.8 Å². The Morgan fingerprint density at radius 1 is 1.17 bits per heavy atom. The van der Waals surface area contributed by atoms with Gasteiger partial charge in [-0.2, -0.15) is 9.57 Å². The zero-order valence-electron chi connectivity index (χ0n) is 19.1. The fraction of sp³-hybridized carbons (Fsp3) is 0.320. The van der Waals surface area contributed by atoms with Crippen LogP contribution in [0, 0.1) is 17.2 Å². The van der Waals surface area contributed by atoms with Crippen LogP contribution in [0.3, 0.4) is 0 Å². The van der Waals surface area contributed by atoms with E-state index < -0.39 is 10.0 Å². The maximum absolute atomic E-state index is 12.9. The van der Waals surface area contributed by atoms with Gasteiger partial charge in [0.2, 0.25) is 10.0 Å². The number of carbonyl (C=O) groups is 1. The standard InChI is InChI=1S/C25H25N5O3S2/c26-16-19-6-8-21(9-7-19)35(32,33)29-13-10-18(11-14-29)3-2-12-27-25(31)22-15-20-17-28-23-4-1-5-24(34-22)30(20)23/h1,4-9,15,17-18H,2-3,10-14H2,(H,27,31). The van der Waals surface area contributed by atoms with E-state index in [0.29, 0.717) is 36.0 Å². The summed E-state index contributed by atoms with van der Waals surface area (Å²) >= 11 is 1.44. The third-order valence-electron chi connectivity index (χ3n) is 6.51. The molecule has 0 spiro atoms. The molecule has 2 aliphatic heterocycles. The first kappa shape index (κ1) is 23.6. The first-order chi connectivity index (χ1) is 17.0. The van der Waals surface area contributed by atoms with Crippen molar-refractivity contribution >= 4 is 39.4 Å². The summed E-state index contributed by atoms with van der Waals surface area (Å²) < 4.78 is 29.3. The number of imidazole rings is 1. The SMILES string of the molecule is N#Cc1ccc(S(=O)(=O)N2CCC(CCCNC(=O)C3=Cc4cnc5cccc(n45)S3)CC2)cc1. The Kier molecular flexibility index (Phi) is 6.65. The van der Waals surface area contributed by atoms with Gasteiger partial charge in [0.05, 0.1) is 38.4 Å². The van der Waals surface area contributed by atoms with Crippen molar-refractivity contribution in [3.63, 3.8) is 0 Å². The van der Waals surface area contributed by atoms with Gasteiger partial charge in [0.25, 0.3) is 5.91 Å². The number of amides is 1. The molecule has 3 aromatic rings. The second-order valence-electron chi connectivity index (χ2n) is 8.73. The summed E-state index contributed by atoms with van der Waals surface area (Å²) in [6.45, 7) is 1.56. The van der Waals surface area contributed by atoms with Gasteiger partial charge in [-0.25, -0.2) is 13.4 Å². The normalized spacial score (nSPS) is 16.6. The number of carbonyl (C=O) groups excluding carboxylic acids is 1. The topological polar surface area (TPSA) is 108 Å². The van der Waals surface area contributed by atoms with Crippen molar-refractivity contribution in [2.75, 3.05) is 19.6 Å². The van der Waals surface area contributed by atoms with E-state index >= 15 is 0 Å². The van der Waals surface area contributed by atoms with Crippen LogP contribution in [0.4, 0.5) is 0 Å². The molecule has 0 atom stereocenters. The Balaban J connectivity index is 1.07. The van der Waals surface area contributed by atoms with Crippen molar-refractivity contribution in [3.05, 3.63) is 64.8 Å². The highest BCUT2D eigenvalue weighted by Gasteiger charge is 2.29. The molecule has 0 radical (unpaired) electrons. The molecular weight excluding hydrogens is 482 g/mol. The lowest BCUT2D eigenvalue weighted by Crippen LogP contribution is -2.38. The van der Waals surface area contributed by atoms with Crippen LogP contribution in [-0.4, -0.2) is 47.6 Å². The zero-order valence-corrected chi connectivity index (χ0v) is 20.7. The molecule has 0 unspecified atom stereocenters. The average molecular weight is 508 g/mol. The van der Waals surface area contributed by atoms with Crippen LogP contribution in [0.2, 0.25) is 0 Å². The van der Waals surface area contributed by atoms with Crippen molar-refractivity contribution < 1.29 is 13.2 Å². The van der Waals surface area contributed by atoms with Crippen LogP contribution < -0.4 is 5.32 Å². The molecule has 2 aromatic heterocycles. The number of nitrogens with zero attached hydrogens (tertiary/aromatic N) is 4. The highest BCUT2D eigenvalue weighted by atomic mass is 32.2. The van der Waals surface area contributed by atoms with Gasteiger partial charge in [0, 0.05) is 19.6 Å². The molecule has 0 saturated carbocycles. The highest BCUT2D eigenvalue weighted by molar-refractivity contribution is 8.04. The minimum absolute atomic E-state index is 0.0808. The third kappa shape index (κ3) is 4.85. The summed E-state index contributed by atoms with van der Waals surface area (Å²) in [6.07, 6.45) is 7.06. The zero-order chi connectivity index (χ0) is 24.4. The number of pyridine rings is 1. The largest absolute Gasteiger partial charge is 0.352 e. The molecule has 10 heteroatoms. The Bertz CT molecular complexity index is 1430. The Labute approximate surface area is 208 Å². The molecule has 8 nitrogen and oxygen atoms in total. The quantitative estimate of drug-likeness (QED) is 0.489. The van der Waals surface area contributed by atoms with Crippen LogP contribution in [-0.2, 0) is 14.8 Å². The average Bonchev–Trinajstić information content (AvgIpc) is 3.31. The molecule has 1 fully saturated rings. The number of nitrogens with one attached hydrogen (secondary N) is 1. The molecule has 0 bridgehead atoms. The van der Waals surface area contributed by atoms with E-state index in [9.17, 15) is 13.2 Å². The van der Waals surface area contributed by atoms with Crippen molar-refractivity contribution in [1.82, 2.24) is 19.0 Å². The second kappa shape index (κ2) is 9.85. The molecule has 1 saturated heterocycles. The van der Waals surface area contributed by atoms with E-state index in [0.717, 1.165) is 42.1 Å². The minimum Gasteiger partial charge on any atom is -0.352 e. The molecule has 35 heavy (non-hydrogen) atoms. The van der Waals surface area contributed by atoms with Gasteiger partial charge in [0.15, 0.2) is 0 Å². The molecular formula is C25H25N5O3S2. The highest BCUT2D eigenvalue weighted by Crippen LogP contribution is 2.34. The third-order valence-corrected chi connectivity index (χ3v) is 9.47. The molecule has 5 rings (SSSR count). The maximum atomic E-state index is 12.9. The van der Waals surface area contributed by atoms with E-state index in [2.05, 4.69) is 10.3 Å². The summed E-state index contributed by atoms with van der Waals surface area (Å²) in [5, 5.41) is 12.9. The van der Waals surface area contributed by atoms with Crippen molar-refractivity contribution in [3.8, 4) is 6.07 Å². The lowest BCUT2D eigenvalue weighted by atomic mass is 9.93. The summed E-state index contributed by atoms with van der Waals surface area (Å²) in [5.41, 5.74) is 2.22. The predicted octanol–water partition coefficient (Wildman–Crippen LogP) is 3.65. The number of rotatable bonds is 7. The van der Waals surface area contributed by atoms with E-state index in [1.165, 1.54) is 40.3 Å². The van der Waals surface area contributed by atoms with Gasteiger partial charge in [0.1, 0.15) is 5.65 Å². The van der Waals surface area contributed by atoms with Gasteiger partial charge >= 0.3 is 0 Å². The van der Waals surface area contributed by atoms with Gasteiger partial charge in [-0.15, -0.1) is 0 Å². The first-order valence-electron chi connectivity index (χ1n) is 11.6. The summed E-state index contributed by atoms with van der Waals surface area (Å²) in [6, 6.07) is 13.9. The molecule has 180 valence electrons. The Hall–Kier alpha value is -3.13. The van der Waals surface area contributed by atoms with Gasteiger partial charge < -0.3 is 5.32 Å². The smallest absolute Gasteiger partial charge is 0.258 e. The molecule has 1 N–H and O–H groups in total. The van der Waals surface area contributed by atoms with E-state index in [1.807, 2.05) is 34.7 Å². The maximum Gasteiger partial charge on any atom is 0.258 e. The van der Waals surface area contributed by atoms with Crippen LogP contribution in [0.25, 0.3) is 11.7 Å². The first-order valence-corrected chi connectivity index (χ1v) is 13.9. The molecule has 2 aliphatic rings. The number of hydrogen-bond acceptors (Lipinski definition) is 6. The fourth-order valence-electron chi connectivity index (χ4n) is 4.57. The van der Waals surface area contributed by atoms with Crippen molar-refractivity contribution in [2.24, 2.45) is 5.92 Å².